The van der Waals surface area contributed by atoms with Gasteiger partial charge in [-0.3, -0.25) is 0 Å². The lowest BCUT2D eigenvalue weighted by atomic mass is 9.93. The average molecular weight is 317 g/mol. The topological polar surface area (TPSA) is 95.7 Å². The van der Waals surface area contributed by atoms with Crippen molar-refractivity contribution in [3.63, 3.8) is 0 Å². The van der Waals surface area contributed by atoms with Crippen molar-refractivity contribution in [1.82, 2.24) is 9.29 Å². The first-order valence-corrected chi connectivity index (χ1v) is 8.09. The van der Waals surface area contributed by atoms with Crippen molar-refractivity contribution in [2.75, 3.05) is 27.2 Å². The number of hydrogen-bond donors (Lipinski definition) is 2. The molecule has 7 nitrogen and oxygen atoms in total. The van der Waals surface area contributed by atoms with Crippen LogP contribution in [0.3, 0.4) is 0 Å². The maximum atomic E-state index is 12.2. The molecule has 2 N–H and O–H groups in total. The Bertz CT molecular complexity index is 617. The fraction of sp³-hybridized carbons (Fsp3) is 0.615. The summed E-state index contributed by atoms with van der Waals surface area (Å²) in [6, 6.07) is 1.10. The number of aromatic carboxylic acids is 1. The molecule has 8 heteroatoms. The van der Waals surface area contributed by atoms with Gasteiger partial charge in [-0.2, -0.15) is 0 Å². The molecule has 1 aromatic rings. The molecule has 0 aromatic carbocycles. The van der Waals surface area contributed by atoms with E-state index < -0.39 is 16.0 Å². The van der Waals surface area contributed by atoms with Crippen LogP contribution in [-0.4, -0.2) is 46.1 Å². The zero-order chi connectivity index (χ0) is 16.4. The van der Waals surface area contributed by atoms with Gasteiger partial charge in [0.05, 0.1) is 32.3 Å². The number of nitrogens with zero attached hydrogens (tertiary/aromatic N) is 1. The van der Waals surface area contributed by atoms with E-state index in [0.29, 0.717) is 0 Å². The van der Waals surface area contributed by atoms with Crippen LogP contribution in [0.15, 0.2) is 17.2 Å². The van der Waals surface area contributed by atoms with Crippen molar-refractivity contribution in [1.29, 1.82) is 0 Å². The van der Waals surface area contributed by atoms with Crippen molar-refractivity contribution < 1.29 is 23.2 Å². The van der Waals surface area contributed by atoms with Crippen LogP contribution in [0.25, 0.3) is 0 Å². The van der Waals surface area contributed by atoms with Crippen molar-refractivity contribution in [3.8, 4) is 0 Å². The molecule has 1 aromatic heterocycles. The summed E-state index contributed by atoms with van der Waals surface area (Å²) in [5.41, 5.74) is -0.384. The van der Waals surface area contributed by atoms with Crippen LogP contribution < -0.4 is 14.7 Å². The molecule has 0 atom stereocenters. The Kier molecular flexibility index (Phi) is 5.19. The van der Waals surface area contributed by atoms with Gasteiger partial charge in [0, 0.05) is 25.2 Å². The van der Waals surface area contributed by atoms with E-state index in [4.69, 9.17) is 0 Å². The van der Waals surface area contributed by atoms with Crippen molar-refractivity contribution in [3.05, 3.63) is 18.0 Å². The van der Waals surface area contributed by atoms with E-state index in [1.807, 2.05) is 27.9 Å². The lowest BCUT2D eigenvalue weighted by Gasteiger charge is -2.25. The van der Waals surface area contributed by atoms with Crippen LogP contribution in [-0.2, 0) is 17.1 Å². The summed E-state index contributed by atoms with van der Waals surface area (Å²) in [4.78, 5) is 12.0. The van der Waals surface area contributed by atoms with Crippen molar-refractivity contribution in [2.24, 2.45) is 12.5 Å². The van der Waals surface area contributed by atoms with E-state index >= 15 is 0 Å². The van der Waals surface area contributed by atoms with Crippen LogP contribution >= 0.6 is 0 Å². The van der Waals surface area contributed by atoms with Crippen LogP contribution in [0.5, 0.6) is 0 Å². The first-order valence-electron chi connectivity index (χ1n) is 6.61. The van der Waals surface area contributed by atoms with E-state index in [1.165, 1.54) is 22.7 Å². The molecule has 1 rings (SSSR count). The highest BCUT2D eigenvalue weighted by Crippen LogP contribution is 2.16. The van der Waals surface area contributed by atoms with Crippen LogP contribution in [0, 0.1) is 5.41 Å². The second-order valence-corrected chi connectivity index (χ2v) is 8.10. The van der Waals surface area contributed by atoms with Gasteiger partial charge in [-0.1, -0.05) is 13.8 Å². The van der Waals surface area contributed by atoms with Gasteiger partial charge in [0.1, 0.15) is 4.90 Å². The minimum absolute atomic E-state index is 0.0720. The molecule has 21 heavy (non-hydrogen) atoms. The number of aryl methyl sites for hydroxylation is 1. The largest absolute Gasteiger partial charge is 0.543 e. The Morgan fingerprint density at radius 3 is 2.43 bits per heavy atom. The highest BCUT2D eigenvalue weighted by molar-refractivity contribution is 7.89. The van der Waals surface area contributed by atoms with Crippen LogP contribution in [0.2, 0.25) is 0 Å². The van der Waals surface area contributed by atoms with Gasteiger partial charge >= 0.3 is 0 Å². The number of carbonyl (C=O) groups excluding carboxylic acids is 1. The lowest BCUT2D eigenvalue weighted by Crippen LogP contribution is -3.07. The summed E-state index contributed by atoms with van der Waals surface area (Å²) >= 11 is 0. The van der Waals surface area contributed by atoms with E-state index in [0.717, 1.165) is 12.6 Å². The average Bonchev–Trinajstić information content (AvgIpc) is 2.68. The minimum atomic E-state index is -3.74. The Morgan fingerprint density at radius 2 is 2.00 bits per heavy atom. The number of hydrogen-bond acceptors (Lipinski definition) is 4. The summed E-state index contributed by atoms with van der Waals surface area (Å²) in [5, 5.41) is 10.9. The smallest absolute Gasteiger partial charge is 0.242 e. The third-order valence-electron chi connectivity index (χ3n) is 3.07. The van der Waals surface area contributed by atoms with Gasteiger partial charge in [0.25, 0.3) is 0 Å². The molecule has 0 saturated heterocycles. The van der Waals surface area contributed by atoms with Gasteiger partial charge in [-0.15, -0.1) is 0 Å². The Balaban J connectivity index is 2.88. The van der Waals surface area contributed by atoms with E-state index in [1.54, 1.807) is 0 Å². The highest BCUT2D eigenvalue weighted by Gasteiger charge is 2.26. The number of nitrogens with one attached hydrogen (secondary N) is 2. The SMILES string of the molecule is Cn1cc(S(=O)(=O)NCC(C)(C)C[NH+](C)C)cc1C(=O)[O-]. The quantitative estimate of drug-likeness (QED) is 0.599. The molecule has 0 unspecified atom stereocenters. The molecule has 1 heterocycles. The molecular weight excluding hydrogens is 294 g/mol. The van der Waals surface area contributed by atoms with E-state index in [-0.39, 0.29) is 22.5 Å². The summed E-state index contributed by atoms with van der Waals surface area (Å²) in [6.45, 7) is 5.02. The van der Waals surface area contributed by atoms with Crippen LogP contribution in [0.1, 0.15) is 24.3 Å². The number of carboxylic acid groups (broad SMARTS) is 1. The second-order valence-electron chi connectivity index (χ2n) is 6.33. The fourth-order valence-corrected chi connectivity index (χ4v) is 3.59. The Labute approximate surface area is 125 Å². The number of carboxylic acids is 1. The predicted octanol–water partition coefficient (Wildman–Crippen LogP) is -2.16. The molecule has 0 radical (unpaired) electrons. The van der Waals surface area contributed by atoms with Crippen molar-refractivity contribution >= 4 is 16.0 Å². The zero-order valence-corrected chi connectivity index (χ0v) is 13.9. The maximum absolute atomic E-state index is 12.2. The number of rotatable bonds is 7. The zero-order valence-electron chi connectivity index (χ0n) is 13.1. The Morgan fingerprint density at radius 1 is 1.43 bits per heavy atom. The van der Waals surface area contributed by atoms with Gasteiger partial charge in [-0.05, 0) is 6.07 Å². The number of carbonyl (C=O) groups is 1. The predicted molar refractivity (Wildman–Crippen MR) is 76.4 cm³/mol. The number of aromatic nitrogens is 1. The van der Waals surface area contributed by atoms with E-state index in [2.05, 4.69) is 4.72 Å². The van der Waals surface area contributed by atoms with Gasteiger partial charge in [-0.25, -0.2) is 13.1 Å². The lowest BCUT2D eigenvalue weighted by molar-refractivity contribution is -0.865. The van der Waals surface area contributed by atoms with Crippen molar-refractivity contribution in [2.45, 2.75) is 18.7 Å². The normalized spacial score (nSPS) is 12.9. The minimum Gasteiger partial charge on any atom is -0.543 e. The van der Waals surface area contributed by atoms with Crippen LogP contribution in [0.4, 0.5) is 0 Å². The molecule has 120 valence electrons. The molecule has 0 fully saturated rings. The molecule has 0 aliphatic rings. The van der Waals surface area contributed by atoms with E-state index in [9.17, 15) is 18.3 Å². The molecular formula is C13H23N3O4S. The number of sulfonamides is 1. The highest BCUT2D eigenvalue weighted by atomic mass is 32.2. The second kappa shape index (κ2) is 6.17. The first-order chi connectivity index (χ1) is 9.44. The van der Waals surface area contributed by atoms with Gasteiger partial charge < -0.3 is 19.4 Å². The number of quaternary nitrogens is 1. The molecule has 0 amide bonds. The van der Waals surface area contributed by atoms with Gasteiger partial charge in [0.15, 0.2) is 0 Å². The summed E-state index contributed by atoms with van der Waals surface area (Å²) in [5.74, 6) is -1.41. The molecule has 0 bridgehead atoms. The molecule has 0 spiro atoms. The molecule has 0 aliphatic carbocycles. The fourth-order valence-electron chi connectivity index (χ4n) is 2.28. The maximum Gasteiger partial charge on any atom is 0.242 e. The Hall–Kier alpha value is -1.38. The molecule has 0 aliphatic heterocycles. The molecule has 0 saturated carbocycles. The standard InChI is InChI=1S/C13H23N3O4S/c1-13(2,9-15(3)4)8-14-21(19,20)10-6-11(12(17)18)16(5)7-10/h6-7,14H,8-9H2,1-5H3,(H,17,18). The third kappa shape index (κ3) is 4.83. The summed E-state index contributed by atoms with van der Waals surface area (Å²) in [6.07, 6.45) is 1.26. The third-order valence-corrected chi connectivity index (χ3v) is 4.44. The van der Waals surface area contributed by atoms with Gasteiger partial charge in [0.2, 0.25) is 10.0 Å². The monoisotopic (exact) mass is 317 g/mol. The summed E-state index contributed by atoms with van der Waals surface area (Å²) in [7, 11) is 1.73. The first kappa shape index (κ1) is 17.7. The summed E-state index contributed by atoms with van der Waals surface area (Å²) < 4.78 is 28.2.